The number of ether oxygens (including phenoxy) is 1. The fraction of sp³-hybridized carbons (Fsp3) is 0.463. The van der Waals surface area contributed by atoms with Crippen molar-refractivity contribution in [3.63, 3.8) is 0 Å². The molecule has 4 fully saturated rings. The maximum atomic E-state index is 17.5. The highest BCUT2D eigenvalue weighted by Crippen LogP contribution is 2.46. The summed E-state index contributed by atoms with van der Waals surface area (Å²) in [6.07, 6.45) is 10.9. The van der Waals surface area contributed by atoms with Crippen molar-refractivity contribution in [1.82, 2.24) is 24.8 Å². The predicted octanol–water partition coefficient (Wildman–Crippen LogP) is 6.05. The van der Waals surface area contributed by atoms with E-state index in [9.17, 15) is 9.18 Å². The third kappa shape index (κ3) is 5.41. The molecule has 2 N–H and O–H groups in total. The number of aryl methyl sites for hydroxylation is 2. The van der Waals surface area contributed by atoms with Gasteiger partial charge in [-0.2, -0.15) is 9.97 Å². The monoisotopic (exact) mass is 751 g/mol. The van der Waals surface area contributed by atoms with Gasteiger partial charge in [0.05, 0.1) is 28.7 Å². The van der Waals surface area contributed by atoms with Crippen molar-refractivity contribution < 1.29 is 26.7 Å². The smallest absolute Gasteiger partial charge is 0.461 e. The Balaban J connectivity index is 1.13. The Labute approximate surface area is 314 Å². The number of anilines is 2. The van der Waals surface area contributed by atoms with E-state index in [1.54, 1.807) is 25.1 Å². The minimum absolute atomic E-state index is 0.00425. The molecule has 2 bridgehead atoms. The van der Waals surface area contributed by atoms with Gasteiger partial charge in [-0.25, -0.2) is 22.9 Å². The van der Waals surface area contributed by atoms with Crippen LogP contribution in [0.4, 0.5) is 24.7 Å². The maximum absolute atomic E-state index is 17.5. The van der Waals surface area contributed by atoms with Crippen molar-refractivity contribution in [1.29, 1.82) is 0 Å². The van der Waals surface area contributed by atoms with E-state index in [-0.39, 0.29) is 53.1 Å². The second kappa shape index (κ2) is 12.7. The van der Waals surface area contributed by atoms with Crippen LogP contribution in [0.2, 0.25) is 0 Å². The molecule has 11 nitrogen and oxygen atoms in total. The summed E-state index contributed by atoms with van der Waals surface area (Å²) in [5.74, 6) is 1.96. The van der Waals surface area contributed by atoms with Crippen molar-refractivity contribution in [2.75, 3.05) is 36.9 Å². The zero-order valence-corrected chi connectivity index (χ0v) is 30.4. The molecule has 0 radical (unpaired) electrons. The number of nitrogen functional groups attached to an aromatic ring is 1. The van der Waals surface area contributed by atoms with Crippen molar-refractivity contribution in [2.24, 2.45) is 0 Å². The van der Waals surface area contributed by atoms with Crippen LogP contribution in [0.5, 0.6) is 6.01 Å². The molecule has 0 unspecified atom stereocenters. The fourth-order valence-corrected chi connectivity index (χ4v) is 10.4. The van der Waals surface area contributed by atoms with E-state index >= 15 is 8.78 Å². The number of nitrogens with two attached hydrogens (primary N) is 1. The number of benzene rings is 2. The number of hydrogen-bond acceptors (Lipinski definition) is 11. The molecule has 3 aromatic heterocycles. The molecule has 5 aliphatic heterocycles. The number of alkyl halides is 1. The highest BCUT2D eigenvalue weighted by molar-refractivity contribution is 6.04. The first kappa shape index (κ1) is 34.4. The zero-order valence-electron chi connectivity index (χ0n) is 30.4. The molecule has 5 aromatic rings. The van der Waals surface area contributed by atoms with Gasteiger partial charge in [0.2, 0.25) is 0 Å². The summed E-state index contributed by atoms with van der Waals surface area (Å²) in [5, 5.41) is 1.40. The van der Waals surface area contributed by atoms with Gasteiger partial charge in [-0.15, -0.1) is 6.42 Å². The standard InChI is InChI=1S/C41H40F3N7O4/c1-3-26-28(43)10-8-22-14-24(45)15-27(33(22)26)36-35(44)37-34-29(46-36)6-4-7-30-31-11-9-25(50(31)19-32-21(2)54-40(52)55-32)18-51(30)38(34)48-39(47-37)53-20-41-12-5-13-49(41)17-23(42)16-41/h1,8,10,14-15,23,25,30-31H,4-7,9,11-13,16-20,45H2,2H3/t23-,25-,30-,31+,41+/m1/s1. The average molecular weight is 752 g/mol. The van der Waals surface area contributed by atoms with Crippen molar-refractivity contribution >= 4 is 33.2 Å². The summed E-state index contributed by atoms with van der Waals surface area (Å²) in [6.45, 7) is 4.11. The first-order chi connectivity index (χ1) is 26.6. The Morgan fingerprint density at radius 2 is 1.95 bits per heavy atom. The van der Waals surface area contributed by atoms with Crippen LogP contribution in [0.3, 0.4) is 0 Å². The van der Waals surface area contributed by atoms with Crippen LogP contribution in [0, 0.1) is 30.9 Å². The molecule has 0 aliphatic carbocycles. The molecule has 0 saturated carbocycles. The lowest BCUT2D eigenvalue weighted by molar-refractivity contribution is 0.106. The molecule has 5 aliphatic rings. The van der Waals surface area contributed by atoms with Crippen LogP contribution >= 0.6 is 0 Å². The number of piperazine rings is 1. The normalized spacial score (nSPS) is 26.3. The molecular formula is C41H40F3N7O4. The lowest BCUT2D eigenvalue weighted by Gasteiger charge is -2.48. The number of fused-ring (bicyclic) bond motifs is 7. The second-order valence-electron chi connectivity index (χ2n) is 15.9. The van der Waals surface area contributed by atoms with Crippen LogP contribution in [0.15, 0.2) is 37.9 Å². The first-order valence-corrected chi connectivity index (χ1v) is 19.1. The predicted molar refractivity (Wildman–Crippen MR) is 199 cm³/mol. The van der Waals surface area contributed by atoms with Crippen LogP contribution < -0.4 is 21.2 Å². The number of terminal acetylenes is 1. The molecule has 4 saturated heterocycles. The van der Waals surface area contributed by atoms with E-state index in [1.165, 1.54) is 6.07 Å². The van der Waals surface area contributed by atoms with Gasteiger partial charge in [0.1, 0.15) is 41.4 Å². The van der Waals surface area contributed by atoms with Crippen molar-refractivity contribution in [3.05, 3.63) is 69.3 Å². The Bertz CT molecular complexity index is 2500. The van der Waals surface area contributed by atoms with E-state index in [4.69, 9.17) is 40.7 Å². The molecule has 8 heterocycles. The maximum Gasteiger partial charge on any atom is 0.519 e. The van der Waals surface area contributed by atoms with Gasteiger partial charge in [0, 0.05) is 54.3 Å². The summed E-state index contributed by atoms with van der Waals surface area (Å²) in [5.41, 5.74) is 7.10. The summed E-state index contributed by atoms with van der Waals surface area (Å²) in [7, 11) is 0. The van der Waals surface area contributed by atoms with E-state index in [2.05, 4.69) is 20.6 Å². The molecule has 0 amide bonds. The number of nitrogens with zero attached hydrogens (tertiary/aromatic N) is 6. The lowest BCUT2D eigenvalue weighted by atomic mass is 9.92. The van der Waals surface area contributed by atoms with Crippen LogP contribution in [-0.2, 0) is 13.0 Å². The highest BCUT2D eigenvalue weighted by Gasteiger charge is 2.50. The molecule has 2 aromatic carbocycles. The van der Waals surface area contributed by atoms with Gasteiger partial charge in [0.25, 0.3) is 0 Å². The van der Waals surface area contributed by atoms with E-state index < -0.39 is 29.2 Å². The number of halogens is 3. The van der Waals surface area contributed by atoms with Gasteiger partial charge >= 0.3 is 11.8 Å². The Hall–Kier alpha value is -5.13. The van der Waals surface area contributed by atoms with E-state index in [0.29, 0.717) is 77.4 Å². The largest absolute Gasteiger partial charge is 0.519 e. The van der Waals surface area contributed by atoms with Crippen LogP contribution in [0.25, 0.3) is 32.9 Å². The lowest BCUT2D eigenvalue weighted by Crippen LogP contribution is -2.60. The number of aromatic nitrogens is 3. The number of rotatable bonds is 6. The molecule has 10 rings (SSSR count). The van der Waals surface area contributed by atoms with Gasteiger partial charge in [-0.1, -0.05) is 12.0 Å². The Kier molecular flexibility index (Phi) is 7.94. The first-order valence-electron chi connectivity index (χ1n) is 19.1. The topological polar surface area (TPSA) is 127 Å². The zero-order chi connectivity index (χ0) is 37.7. The molecule has 5 atom stereocenters. The highest BCUT2D eigenvalue weighted by atomic mass is 19.1. The SMILES string of the molecule is C#Cc1c(F)ccc2cc(N)cc(-c3nc4c5c(nc(OC[C@@]67CCCN6C[C@H](F)C7)nc5c3F)N3C[C@H]5CC[C@@H]([C@H]3CCC4)N5Cc3oc(=O)oc3C)c12. The minimum atomic E-state index is -0.944. The minimum Gasteiger partial charge on any atom is -0.461 e. The summed E-state index contributed by atoms with van der Waals surface area (Å²) in [4.78, 5) is 33.5. The third-order valence-corrected chi connectivity index (χ3v) is 12.8. The molecule has 284 valence electrons. The van der Waals surface area contributed by atoms with Crippen LogP contribution in [-0.4, -0.2) is 80.8 Å². The number of pyridine rings is 1. The van der Waals surface area contributed by atoms with Crippen LogP contribution in [0.1, 0.15) is 67.7 Å². The van der Waals surface area contributed by atoms with Gasteiger partial charge < -0.3 is 24.2 Å². The third-order valence-electron chi connectivity index (χ3n) is 12.8. The summed E-state index contributed by atoms with van der Waals surface area (Å²) in [6, 6.07) is 6.31. The van der Waals surface area contributed by atoms with E-state index in [0.717, 1.165) is 45.1 Å². The number of hydrogen-bond donors (Lipinski definition) is 1. The van der Waals surface area contributed by atoms with Gasteiger partial charge in [-0.3, -0.25) is 9.80 Å². The molecule has 14 heteroatoms. The molecular weight excluding hydrogens is 711 g/mol. The quantitative estimate of drug-likeness (QED) is 0.161. The second-order valence-corrected chi connectivity index (χ2v) is 15.9. The van der Waals surface area contributed by atoms with Crippen molar-refractivity contribution in [3.8, 4) is 29.6 Å². The summed E-state index contributed by atoms with van der Waals surface area (Å²) >= 11 is 0. The van der Waals surface area contributed by atoms with Gasteiger partial charge in [0.15, 0.2) is 11.6 Å². The molecule has 55 heavy (non-hydrogen) atoms. The van der Waals surface area contributed by atoms with Gasteiger partial charge in [-0.05, 0) is 82.0 Å². The molecule has 0 spiro atoms. The Morgan fingerprint density at radius 3 is 2.76 bits per heavy atom. The average Bonchev–Trinajstić information content (AvgIpc) is 3.87. The fourth-order valence-electron chi connectivity index (χ4n) is 10.4. The van der Waals surface area contributed by atoms with Crippen molar-refractivity contribution in [2.45, 2.75) is 94.7 Å². The Morgan fingerprint density at radius 1 is 1.07 bits per heavy atom. The summed E-state index contributed by atoms with van der Waals surface area (Å²) < 4.78 is 64.5. The van der Waals surface area contributed by atoms with E-state index in [1.807, 2.05) is 0 Å².